The Kier molecular flexibility index (Phi) is 6.37. The lowest BCUT2D eigenvalue weighted by atomic mass is 10.3. The van der Waals surface area contributed by atoms with Gasteiger partial charge >= 0.3 is 0 Å². The Hall–Kier alpha value is -0.650. The summed E-state index contributed by atoms with van der Waals surface area (Å²) in [6, 6.07) is 0. The molecule has 5 heteroatoms. The second-order valence-electron chi connectivity index (χ2n) is 3.86. The van der Waals surface area contributed by atoms with Gasteiger partial charge in [0.1, 0.15) is 0 Å². The van der Waals surface area contributed by atoms with Crippen LogP contribution < -0.4 is 5.32 Å². The maximum atomic E-state index is 11.2. The first-order valence-corrected chi connectivity index (χ1v) is 5.92. The molecule has 16 heavy (non-hydrogen) atoms. The van der Waals surface area contributed by atoms with Crippen molar-refractivity contribution in [2.24, 2.45) is 0 Å². The van der Waals surface area contributed by atoms with Crippen molar-refractivity contribution in [3.8, 4) is 0 Å². The summed E-state index contributed by atoms with van der Waals surface area (Å²) in [4.78, 5) is 13.3. The molecule has 0 spiro atoms. The van der Waals surface area contributed by atoms with Crippen molar-refractivity contribution in [2.45, 2.75) is 26.1 Å². The minimum absolute atomic E-state index is 0.0485. The number of hydrogen-bond donors (Lipinski definition) is 1. The van der Waals surface area contributed by atoms with Gasteiger partial charge in [0, 0.05) is 20.0 Å². The zero-order valence-corrected chi connectivity index (χ0v) is 10.2. The summed E-state index contributed by atoms with van der Waals surface area (Å²) in [5.41, 5.74) is 0. The van der Waals surface area contributed by atoms with Crippen molar-refractivity contribution >= 4 is 5.91 Å². The summed E-state index contributed by atoms with van der Waals surface area (Å²) in [6.45, 7) is 5.75. The van der Waals surface area contributed by atoms with Gasteiger partial charge in [-0.1, -0.05) is 6.92 Å². The number of carbonyl (C=O) groups excluding carboxylic acids is 1. The third-order valence-corrected chi connectivity index (χ3v) is 2.67. The highest BCUT2D eigenvalue weighted by molar-refractivity contribution is 5.77. The van der Waals surface area contributed by atoms with Crippen molar-refractivity contribution in [3.05, 3.63) is 0 Å². The second kappa shape index (κ2) is 7.60. The summed E-state index contributed by atoms with van der Waals surface area (Å²) < 4.78 is 10.9. The van der Waals surface area contributed by atoms with Crippen LogP contribution >= 0.6 is 0 Å². The second-order valence-corrected chi connectivity index (χ2v) is 3.86. The normalized spacial score (nSPS) is 17.7. The molecule has 1 rings (SSSR count). The van der Waals surface area contributed by atoms with E-state index in [4.69, 9.17) is 9.47 Å². The highest BCUT2D eigenvalue weighted by Crippen LogP contribution is 2.09. The van der Waals surface area contributed by atoms with Crippen LogP contribution in [0.25, 0.3) is 0 Å². The number of hydrogen-bond acceptors (Lipinski definition) is 4. The molecule has 1 aliphatic heterocycles. The van der Waals surface area contributed by atoms with E-state index in [9.17, 15) is 4.79 Å². The fraction of sp³-hybridized carbons (Fsp3) is 0.909. The van der Waals surface area contributed by atoms with E-state index in [1.165, 1.54) is 0 Å². The monoisotopic (exact) mass is 230 g/mol. The van der Waals surface area contributed by atoms with Gasteiger partial charge < -0.3 is 14.8 Å². The van der Waals surface area contributed by atoms with Crippen molar-refractivity contribution in [2.75, 3.05) is 39.9 Å². The van der Waals surface area contributed by atoms with Gasteiger partial charge in [-0.3, -0.25) is 9.69 Å². The average Bonchev–Trinajstić information content (AvgIpc) is 2.35. The van der Waals surface area contributed by atoms with E-state index in [1.807, 2.05) is 6.92 Å². The van der Waals surface area contributed by atoms with E-state index in [-0.39, 0.29) is 12.2 Å². The zero-order valence-electron chi connectivity index (χ0n) is 10.2. The number of carbonyl (C=O) groups is 1. The van der Waals surface area contributed by atoms with Crippen LogP contribution in [-0.2, 0) is 14.3 Å². The SMILES string of the molecule is CCN(CCC1OCCCO1)CC(=O)NC. The Morgan fingerprint density at radius 2 is 2.12 bits per heavy atom. The van der Waals surface area contributed by atoms with Gasteiger partial charge in [0.15, 0.2) is 6.29 Å². The highest BCUT2D eigenvalue weighted by Gasteiger charge is 2.16. The molecule has 1 heterocycles. The molecule has 94 valence electrons. The molecule has 1 amide bonds. The van der Waals surface area contributed by atoms with Crippen LogP contribution in [-0.4, -0.2) is 57.0 Å². The number of ether oxygens (including phenoxy) is 2. The number of nitrogens with zero attached hydrogens (tertiary/aromatic N) is 1. The molecule has 0 aliphatic carbocycles. The predicted molar refractivity (Wildman–Crippen MR) is 61.1 cm³/mol. The van der Waals surface area contributed by atoms with E-state index >= 15 is 0 Å². The van der Waals surface area contributed by atoms with Crippen LogP contribution in [0.1, 0.15) is 19.8 Å². The fourth-order valence-corrected chi connectivity index (χ4v) is 1.62. The van der Waals surface area contributed by atoms with Gasteiger partial charge in [0.05, 0.1) is 19.8 Å². The van der Waals surface area contributed by atoms with Crippen molar-refractivity contribution in [1.29, 1.82) is 0 Å². The van der Waals surface area contributed by atoms with Crippen molar-refractivity contribution in [1.82, 2.24) is 10.2 Å². The lowest BCUT2D eigenvalue weighted by Gasteiger charge is -2.26. The number of rotatable bonds is 6. The van der Waals surface area contributed by atoms with Gasteiger partial charge in [-0.25, -0.2) is 0 Å². The smallest absolute Gasteiger partial charge is 0.233 e. The molecule has 0 aromatic carbocycles. The Morgan fingerprint density at radius 3 is 2.69 bits per heavy atom. The molecule has 0 aromatic rings. The third-order valence-electron chi connectivity index (χ3n) is 2.67. The molecular formula is C11H22N2O3. The van der Waals surface area contributed by atoms with E-state index in [0.29, 0.717) is 6.54 Å². The maximum Gasteiger partial charge on any atom is 0.233 e. The Morgan fingerprint density at radius 1 is 1.44 bits per heavy atom. The van der Waals surface area contributed by atoms with Crippen LogP contribution in [0.15, 0.2) is 0 Å². The molecule has 0 unspecified atom stereocenters. The molecule has 1 aliphatic rings. The van der Waals surface area contributed by atoms with Gasteiger partial charge in [0.25, 0.3) is 0 Å². The van der Waals surface area contributed by atoms with Gasteiger partial charge in [-0.05, 0) is 13.0 Å². The molecule has 1 saturated heterocycles. The summed E-state index contributed by atoms with van der Waals surface area (Å²) in [5, 5.41) is 2.62. The molecule has 0 atom stereocenters. The Balaban J connectivity index is 2.19. The van der Waals surface area contributed by atoms with Crippen LogP contribution in [0.2, 0.25) is 0 Å². The van der Waals surface area contributed by atoms with Gasteiger partial charge in [0.2, 0.25) is 5.91 Å². The topological polar surface area (TPSA) is 50.8 Å². The number of likely N-dealkylation sites (N-methyl/N-ethyl adjacent to an activating group) is 2. The molecule has 0 bridgehead atoms. The quantitative estimate of drug-likeness (QED) is 0.708. The molecule has 1 N–H and O–H groups in total. The minimum Gasteiger partial charge on any atom is -0.358 e. The standard InChI is InChI=1S/C11H22N2O3/c1-3-13(9-10(14)12-2)6-5-11-15-7-4-8-16-11/h11H,3-9H2,1-2H3,(H,12,14). The predicted octanol–water partition coefficient (Wildman–Crippen LogP) is 0.207. The Labute approximate surface area is 97.1 Å². The van der Waals surface area contributed by atoms with E-state index in [2.05, 4.69) is 10.2 Å². The molecule has 0 aromatic heterocycles. The van der Waals surface area contributed by atoms with Gasteiger partial charge in [-0.2, -0.15) is 0 Å². The first-order chi connectivity index (χ1) is 7.76. The summed E-state index contributed by atoms with van der Waals surface area (Å²) in [5.74, 6) is 0.0485. The fourth-order valence-electron chi connectivity index (χ4n) is 1.62. The van der Waals surface area contributed by atoms with Crippen LogP contribution in [0.4, 0.5) is 0 Å². The first kappa shape index (κ1) is 13.4. The van der Waals surface area contributed by atoms with Crippen LogP contribution in [0.5, 0.6) is 0 Å². The largest absolute Gasteiger partial charge is 0.358 e. The van der Waals surface area contributed by atoms with E-state index in [1.54, 1.807) is 7.05 Å². The van der Waals surface area contributed by atoms with E-state index < -0.39 is 0 Å². The van der Waals surface area contributed by atoms with Crippen molar-refractivity contribution < 1.29 is 14.3 Å². The number of amides is 1. The molecular weight excluding hydrogens is 208 g/mol. The average molecular weight is 230 g/mol. The molecule has 5 nitrogen and oxygen atoms in total. The van der Waals surface area contributed by atoms with E-state index in [0.717, 1.165) is 39.1 Å². The summed E-state index contributed by atoms with van der Waals surface area (Å²) in [7, 11) is 1.66. The first-order valence-electron chi connectivity index (χ1n) is 5.92. The Bertz CT molecular complexity index is 205. The molecule has 0 saturated carbocycles. The zero-order chi connectivity index (χ0) is 11.8. The molecule has 0 radical (unpaired) electrons. The third kappa shape index (κ3) is 4.92. The maximum absolute atomic E-state index is 11.2. The lowest BCUT2D eigenvalue weighted by molar-refractivity contribution is -0.182. The molecule has 1 fully saturated rings. The minimum atomic E-state index is -0.0903. The summed E-state index contributed by atoms with van der Waals surface area (Å²) >= 11 is 0. The van der Waals surface area contributed by atoms with Gasteiger partial charge in [-0.15, -0.1) is 0 Å². The lowest BCUT2D eigenvalue weighted by Crippen LogP contribution is -2.38. The van der Waals surface area contributed by atoms with Crippen molar-refractivity contribution in [3.63, 3.8) is 0 Å². The number of nitrogens with one attached hydrogen (secondary N) is 1. The summed E-state index contributed by atoms with van der Waals surface area (Å²) in [6.07, 6.45) is 1.71. The van der Waals surface area contributed by atoms with Crippen LogP contribution in [0.3, 0.4) is 0 Å². The highest BCUT2D eigenvalue weighted by atomic mass is 16.7. The van der Waals surface area contributed by atoms with Crippen LogP contribution in [0, 0.1) is 0 Å².